The molecule has 20 heavy (non-hydrogen) atoms. The molecule has 0 spiro atoms. The lowest BCUT2D eigenvalue weighted by Crippen LogP contribution is -2.33. The first kappa shape index (κ1) is 16.7. The zero-order valence-corrected chi connectivity index (χ0v) is 13.3. The van der Waals surface area contributed by atoms with Crippen molar-refractivity contribution in [3.05, 3.63) is 18.0 Å². The number of aromatic nitrogens is 1. The van der Waals surface area contributed by atoms with Crippen LogP contribution >= 0.6 is 0 Å². The molecule has 0 aromatic carbocycles. The summed E-state index contributed by atoms with van der Waals surface area (Å²) in [5.41, 5.74) is -0.0694. The predicted molar refractivity (Wildman–Crippen MR) is 76.2 cm³/mol. The maximum atomic E-state index is 12.1. The van der Waals surface area contributed by atoms with Crippen LogP contribution in [0.4, 0.5) is 0 Å². The van der Waals surface area contributed by atoms with E-state index in [1.54, 1.807) is 0 Å². The molecule has 1 aromatic rings. The van der Waals surface area contributed by atoms with Crippen molar-refractivity contribution in [1.29, 1.82) is 0 Å². The predicted octanol–water partition coefficient (Wildman–Crippen LogP) is 1.68. The minimum Gasteiger partial charge on any atom is -0.477 e. The smallest absolute Gasteiger partial charge is 0.352 e. The molecule has 1 atom stereocenters. The Labute approximate surface area is 119 Å². The number of nitrogens with zero attached hydrogens (tertiary/aromatic N) is 1. The Hall–Kier alpha value is -1.34. The fourth-order valence-electron chi connectivity index (χ4n) is 1.52. The molecular formula is C13H22N2O4S. The highest BCUT2D eigenvalue weighted by Gasteiger charge is 2.24. The minimum absolute atomic E-state index is 0.00850. The molecule has 0 aliphatic carbocycles. The molecular weight excluding hydrogens is 280 g/mol. The van der Waals surface area contributed by atoms with Crippen LogP contribution in [0.15, 0.2) is 17.2 Å². The van der Waals surface area contributed by atoms with Gasteiger partial charge in [-0.1, -0.05) is 27.7 Å². The van der Waals surface area contributed by atoms with E-state index in [-0.39, 0.29) is 21.9 Å². The quantitative estimate of drug-likeness (QED) is 0.866. The number of sulfonamides is 1. The van der Waals surface area contributed by atoms with Crippen LogP contribution in [0.5, 0.6) is 0 Å². The summed E-state index contributed by atoms with van der Waals surface area (Å²) in [5, 5.41) is 8.93. The van der Waals surface area contributed by atoms with Crippen LogP contribution in [0.1, 0.15) is 38.2 Å². The molecule has 0 bridgehead atoms. The van der Waals surface area contributed by atoms with E-state index >= 15 is 0 Å². The van der Waals surface area contributed by atoms with Crippen LogP contribution in [0.2, 0.25) is 0 Å². The van der Waals surface area contributed by atoms with Crippen LogP contribution < -0.4 is 4.72 Å². The molecule has 0 fully saturated rings. The third kappa shape index (κ3) is 3.83. The number of aryl methyl sites for hydroxylation is 1. The first-order valence-electron chi connectivity index (χ1n) is 6.34. The summed E-state index contributed by atoms with van der Waals surface area (Å²) in [4.78, 5) is 10.9. The van der Waals surface area contributed by atoms with Gasteiger partial charge in [-0.25, -0.2) is 17.9 Å². The standard InChI is InChI=1S/C13H22N2O4S/c1-9(13(2,3)4)7-14-20(18,19)10-6-11(12(16)17)15(5)8-10/h6,8-9,14H,7H2,1-5H3,(H,16,17). The monoisotopic (exact) mass is 302 g/mol. The van der Waals surface area contributed by atoms with Crippen LogP contribution in [-0.2, 0) is 17.1 Å². The second-order valence-electron chi connectivity index (χ2n) is 6.10. The van der Waals surface area contributed by atoms with Crippen LogP contribution in [0, 0.1) is 11.3 Å². The molecule has 6 nitrogen and oxygen atoms in total. The first-order valence-corrected chi connectivity index (χ1v) is 7.83. The Bertz CT molecular complexity index is 596. The fourth-order valence-corrected chi connectivity index (χ4v) is 2.72. The van der Waals surface area contributed by atoms with Gasteiger partial charge in [0, 0.05) is 19.8 Å². The van der Waals surface area contributed by atoms with Crippen molar-refractivity contribution in [3.8, 4) is 0 Å². The highest BCUT2D eigenvalue weighted by atomic mass is 32.2. The van der Waals surface area contributed by atoms with E-state index in [1.165, 1.54) is 17.8 Å². The zero-order chi connectivity index (χ0) is 15.7. The number of rotatable bonds is 5. The molecule has 1 unspecified atom stereocenters. The second kappa shape index (κ2) is 5.57. The van der Waals surface area contributed by atoms with Gasteiger partial charge in [-0.3, -0.25) is 0 Å². The molecule has 0 saturated heterocycles. The van der Waals surface area contributed by atoms with E-state index in [0.717, 1.165) is 6.07 Å². The lowest BCUT2D eigenvalue weighted by atomic mass is 9.82. The normalized spacial score (nSPS) is 14.2. The van der Waals surface area contributed by atoms with E-state index in [0.29, 0.717) is 6.54 Å². The van der Waals surface area contributed by atoms with Crippen molar-refractivity contribution in [2.45, 2.75) is 32.6 Å². The van der Waals surface area contributed by atoms with Gasteiger partial charge in [-0.05, 0) is 17.4 Å². The molecule has 0 aliphatic heterocycles. The molecule has 0 radical (unpaired) electrons. The largest absolute Gasteiger partial charge is 0.477 e. The molecule has 7 heteroatoms. The number of hydrogen-bond acceptors (Lipinski definition) is 3. The fraction of sp³-hybridized carbons (Fsp3) is 0.615. The topological polar surface area (TPSA) is 88.4 Å². The van der Waals surface area contributed by atoms with Gasteiger partial charge in [0.2, 0.25) is 10.0 Å². The van der Waals surface area contributed by atoms with E-state index in [9.17, 15) is 13.2 Å². The summed E-state index contributed by atoms with van der Waals surface area (Å²) >= 11 is 0. The van der Waals surface area contributed by atoms with Gasteiger partial charge < -0.3 is 9.67 Å². The SMILES string of the molecule is CC(CNS(=O)(=O)c1cc(C(=O)O)n(C)c1)C(C)(C)C. The maximum Gasteiger partial charge on any atom is 0.352 e. The Morgan fingerprint density at radius 2 is 2.00 bits per heavy atom. The van der Waals surface area contributed by atoms with Crippen molar-refractivity contribution < 1.29 is 18.3 Å². The van der Waals surface area contributed by atoms with Crippen molar-refractivity contribution in [3.63, 3.8) is 0 Å². The van der Waals surface area contributed by atoms with E-state index < -0.39 is 16.0 Å². The third-order valence-corrected chi connectivity index (χ3v) is 4.96. The van der Waals surface area contributed by atoms with Gasteiger partial charge in [0.25, 0.3) is 0 Å². The van der Waals surface area contributed by atoms with Crippen molar-refractivity contribution >= 4 is 16.0 Å². The number of carboxylic acid groups (broad SMARTS) is 1. The molecule has 1 rings (SSSR count). The van der Waals surface area contributed by atoms with Crippen LogP contribution in [-0.4, -0.2) is 30.6 Å². The van der Waals surface area contributed by atoms with E-state index in [1.807, 2.05) is 27.7 Å². The van der Waals surface area contributed by atoms with Gasteiger partial charge in [-0.2, -0.15) is 0 Å². The summed E-state index contributed by atoms with van der Waals surface area (Å²) in [7, 11) is -2.18. The molecule has 1 aromatic heterocycles. The summed E-state index contributed by atoms with van der Waals surface area (Å²) < 4.78 is 28.1. The second-order valence-corrected chi connectivity index (χ2v) is 7.86. The van der Waals surface area contributed by atoms with E-state index in [4.69, 9.17) is 5.11 Å². The summed E-state index contributed by atoms with van der Waals surface area (Å²) in [6.07, 6.45) is 1.30. The zero-order valence-electron chi connectivity index (χ0n) is 12.5. The van der Waals surface area contributed by atoms with Crippen molar-refractivity contribution in [1.82, 2.24) is 9.29 Å². The van der Waals surface area contributed by atoms with Gasteiger partial charge in [-0.15, -0.1) is 0 Å². The molecule has 114 valence electrons. The molecule has 1 heterocycles. The van der Waals surface area contributed by atoms with Gasteiger partial charge in [0.15, 0.2) is 0 Å². The molecule has 0 aliphatic rings. The Morgan fingerprint density at radius 3 is 2.40 bits per heavy atom. The molecule has 2 N–H and O–H groups in total. The number of nitrogens with one attached hydrogen (secondary N) is 1. The average Bonchev–Trinajstić information content (AvgIpc) is 2.67. The highest BCUT2D eigenvalue weighted by Crippen LogP contribution is 2.25. The molecule has 0 amide bonds. The first-order chi connectivity index (χ1) is 8.95. The Balaban J connectivity index is 2.90. The third-order valence-electron chi connectivity index (χ3n) is 3.57. The van der Waals surface area contributed by atoms with Gasteiger partial charge in [0.05, 0.1) is 0 Å². The number of hydrogen-bond donors (Lipinski definition) is 2. The van der Waals surface area contributed by atoms with Gasteiger partial charge in [0.1, 0.15) is 10.6 Å². The Kier molecular flexibility index (Phi) is 4.66. The number of carboxylic acids is 1. The highest BCUT2D eigenvalue weighted by molar-refractivity contribution is 7.89. The number of carbonyl (C=O) groups is 1. The Morgan fingerprint density at radius 1 is 1.45 bits per heavy atom. The van der Waals surface area contributed by atoms with Gasteiger partial charge >= 0.3 is 5.97 Å². The van der Waals surface area contributed by atoms with E-state index in [2.05, 4.69) is 4.72 Å². The lowest BCUT2D eigenvalue weighted by Gasteiger charge is -2.27. The lowest BCUT2D eigenvalue weighted by molar-refractivity contribution is 0.0686. The molecule has 0 saturated carbocycles. The van der Waals surface area contributed by atoms with Crippen LogP contribution in [0.3, 0.4) is 0 Å². The summed E-state index contributed by atoms with van der Waals surface area (Å²) in [5.74, 6) is -1.00. The van der Waals surface area contributed by atoms with Crippen molar-refractivity contribution in [2.24, 2.45) is 18.4 Å². The average molecular weight is 302 g/mol. The van der Waals surface area contributed by atoms with Crippen molar-refractivity contribution in [2.75, 3.05) is 6.54 Å². The maximum absolute atomic E-state index is 12.1. The van der Waals surface area contributed by atoms with Crippen LogP contribution in [0.25, 0.3) is 0 Å². The number of aromatic carboxylic acids is 1. The minimum atomic E-state index is -3.68. The summed E-state index contributed by atoms with van der Waals surface area (Å²) in [6.45, 7) is 8.39. The summed E-state index contributed by atoms with van der Waals surface area (Å²) in [6, 6.07) is 1.16.